The Balaban J connectivity index is 1.94. The summed E-state index contributed by atoms with van der Waals surface area (Å²) < 4.78 is 5.64. The number of morpholine rings is 1. The van der Waals surface area contributed by atoms with Gasteiger partial charge >= 0.3 is 0 Å². The molecule has 0 aliphatic carbocycles. The van der Waals surface area contributed by atoms with Crippen LogP contribution in [0.1, 0.15) is 33.6 Å². The monoisotopic (exact) mass is 240 g/mol. The lowest BCUT2D eigenvalue weighted by Crippen LogP contribution is -2.56. The first kappa shape index (κ1) is 12.8. The van der Waals surface area contributed by atoms with Crippen LogP contribution in [0.3, 0.4) is 0 Å². The molecule has 2 fully saturated rings. The number of rotatable bonds is 1. The Morgan fingerprint density at radius 1 is 1.47 bits per heavy atom. The summed E-state index contributed by atoms with van der Waals surface area (Å²) in [6.45, 7) is 9.37. The Labute approximate surface area is 104 Å². The standard InChI is InChI=1S/C13H24N2O2/c1-10-4-5-14-11(8-10)12(16)15-6-7-17-13(2,3)9-15/h10-11,14H,4-9H2,1-3H3. The number of nitrogens with zero attached hydrogens (tertiary/aromatic N) is 1. The average molecular weight is 240 g/mol. The zero-order chi connectivity index (χ0) is 12.5. The van der Waals surface area contributed by atoms with Crippen LogP contribution >= 0.6 is 0 Å². The second kappa shape index (κ2) is 4.94. The fraction of sp³-hybridized carbons (Fsp3) is 0.923. The Morgan fingerprint density at radius 2 is 2.24 bits per heavy atom. The lowest BCUT2D eigenvalue weighted by molar-refractivity contribution is -0.148. The zero-order valence-corrected chi connectivity index (χ0v) is 11.2. The lowest BCUT2D eigenvalue weighted by Gasteiger charge is -2.40. The van der Waals surface area contributed by atoms with Gasteiger partial charge in [0.05, 0.1) is 18.2 Å². The molecule has 0 aromatic heterocycles. The second-order valence-corrected chi connectivity index (χ2v) is 6.00. The summed E-state index contributed by atoms with van der Waals surface area (Å²) in [5.41, 5.74) is -0.200. The highest BCUT2D eigenvalue weighted by Gasteiger charge is 2.34. The predicted octanol–water partition coefficient (Wildman–Crippen LogP) is 1.01. The number of piperidine rings is 1. The molecule has 1 amide bonds. The van der Waals surface area contributed by atoms with Crippen LogP contribution < -0.4 is 5.32 Å². The number of carbonyl (C=O) groups excluding carboxylic acids is 1. The van der Waals surface area contributed by atoms with E-state index in [1.165, 1.54) is 6.42 Å². The summed E-state index contributed by atoms with van der Waals surface area (Å²) in [4.78, 5) is 14.4. The Bertz CT molecular complexity index is 291. The molecule has 2 atom stereocenters. The van der Waals surface area contributed by atoms with Gasteiger partial charge in [-0.05, 0) is 39.2 Å². The first-order valence-corrected chi connectivity index (χ1v) is 6.64. The molecule has 0 spiro atoms. The van der Waals surface area contributed by atoms with E-state index in [0.29, 0.717) is 19.1 Å². The number of carbonyl (C=O) groups is 1. The van der Waals surface area contributed by atoms with Gasteiger partial charge in [-0.25, -0.2) is 0 Å². The molecule has 98 valence electrons. The summed E-state index contributed by atoms with van der Waals surface area (Å²) in [5, 5.41) is 3.34. The minimum absolute atomic E-state index is 0.0210. The van der Waals surface area contributed by atoms with Gasteiger partial charge in [-0.3, -0.25) is 4.79 Å². The molecular weight excluding hydrogens is 216 g/mol. The number of hydrogen-bond acceptors (Lipinski definition) is 3. The van der Waals surface area contributed by atoms with Gasteiger partial charge < -0.3 is 15.0 Å². The van der Waals surface area contributed by atoms with Gasteiger partial charge in [0.2, 0.25) is 5.91 Å². The molecule has 2 rings (SSSR count). The van der Waals surface area contributed by atoms with E-state index in [1.54, 1.807) is 0 Å². The molecule has 17 heavy (non-hydrogen) atoms. The maximum atomic E-state index is 12.4. The molecule has 4 heteroatoms. The first-order valence-electron chi connectivity index (χ1n) is 6.64. The third-order valence-electron chi connectivity index (χ3n) is 3.70. The van der Waals surface area contributed by atoms with E-state index in [0.717, 1.165) is 19.5 Å². The van der Waals surface area contributed by atoms with E-state index in [1.807, 2.05) is 18.7 Å². The Kier molecular flexibility index (Phi) is 3.73. The highest BCUT2D eigenvalue weighted by molar-refractivity contribution is 5.82. The van der Waals surface area contributed by atoms with Crippen molar-refractivity contribution in [2.75, 3.05) is 26.2 Å². The molecule has 2 aliphatic heterocycles. The van der Waals surface area contributed by atoms with Crippen LogP contribution in [-0.4, -0.2) is 48.7 Å². The summed E-state index contributed by atoms with van der Waals surface area (Å²) in [6.07, 6.45) is 2.15. The Hall–Kier alpha value is -0.610. The molecule has 0 saturated carbocycles. The van der Waals surface area contributed by atoms with E-state index in [-0.39, 0.29) is 17.6 Å². The topological polar surface area (TPSA) is 41.6 Å². The summed E-state index contributed by atoms with van der Waals surface area (Å²) in [5.74, 6) is 0.909. The van der Waals surface area contributed by atoms with E-state index < -0.39 is 0 Å². The fourth-order valence-electron chi connectivity index (χ4n) is 2.72. The maximum absolute atomic E-state index is 12.4. The van der Waals surface area contributed by atoms with Crippen LogP contribution in [0.25, 0.3) is 0 Å². The molecule has 0 aromatic rings. The van der Waals surface area contributed by atoms with E-state index in [2.05, 4.69) is 12.2 Å². The number of amides is 1. The molecular formula is C13H24N2O2. The van der Waals surface area contributed by atoms with Crippen LogP contribution in [0, 0.1) is 5.92 Å². The van der Waals surface area contributed by atoms with Gasteiger partial charge in [0, 0.05) is 13.1 Å². The molecule has 0 bridgehead atoms. The maximum Gasteiger partial charge on any atom is 0.239 e. The number of nitrogens with one attached hydrogen (secondary N) is 1. The van der Waals surface area contributed by atoms with Crippen molar-refractivity contribution >= 4 is 5.91 Å². The molecule has 0 aromatic carbocycles. The zero-order valence-electron chi connectivity index (χ0n) is 11.2. The van der Waals surface area contributed by atoms with E-state index >= 15 is 0 Å². The minimum atomic E-state index is -0.200. The second-order valence-electron chi connectivity index (χ2n) is 6.00. The average Bonchev–Trinajstić information content (AvgIpc) is 2.26. The molecule has 2 aliphatic rings. The van der Waals surface area contributed by atoms with Crippen LogP contribution in [-0.2, 0) is 9.53 Å². The van der Waals surface area contributed by atoms with Gasteiger partial charge in [0.1, 0.15) is 0 Å². The van der Waals surface area contributed by atoms with Crippen LogP contribution in [0.15, 0.2) is 0 Å². The van der Waals surface area contributed by atoms with Gasteiger partial charge in [-0.1, -0.05) is 6.92 Å². The molecule has 2 unspecified atom stereocenters. The number of ether oxygens (including phenoxy) is 1. The lowest BCUT2D eigenvalue weighted by atomic mass is 9.93. The minimum Gasteiger partial charge on any atom is -0.372 e. The van der Waals surface area contributed by atoms with Gasteiger partial charge in [-0.2, -0.15) is 0 Å². The van der Waals surface area contributed by atoms with Crippen LogP contribution in [0.5, 0.6) is 0 Å². The summed E-state index contributed by atoms with van der Waals surface area (Å²) >= 11 is 0. The van der Waals surface area contributed by atoms with Crippen LogP contribution in [0.4, 0.5) is 0 Å². The normalized spacial score (nSPS) is 33.5. The predicted molar refractivity (Wildman–Crippen MR) is 66.8 cm³/mol. The molecule has 1 N–H and O–H groups in total. The number of hydrogen-bond donors (Lipinski definition) is 1. The SMILES string of the molecule is CC1CCNC(C(=O)N2CCOC(C)(C)C2)C1. The van der Waals surface area contributed by atoms with Crippen molar-refractivity contribution in [3.05, 3.63) is 0 Å². The van der Waals surface area contributed by atoms with Gasteiger partial charge in [0.15, 0.2) is 0 Å². The van der Waals surface area contributed by atoms with Crippen molar-refractivity contribution in [2.45, 2.75) is 45.3 Å². The van der Waals surface area contributed by atoms with Gasteiger partial charge in [-0.15, -0.1) is 0 Å². The first-order chi connectivity index (χ1) is 7.98. The summed E-state index contributed by atoms with van der Waals surface area (Å²) in [7, 11) is 0. The fourth-order valence-corrected chi connectivity index (χ4v) is 2.72. The quantitative estimate of drug-likeness (QED) is 0.744. The van der Waals surface area contributed by atoms with Gasteiger partial charge in [0.25, 0.3) is 0 Å². The summed E-state index contributed by atoms with van der Waals surface area (Å²) in [6, 6.07) is 0.0210. The van der Waals surface area contributed by atoms with E-state index in [9.17, 15) is 4.79 Å². The molecule has 0 radical (unpaired) electrons. The van der Waals surface area contributed by atoms with Crippen molar-refractivity contribution in [3.8, 4) is 0 Å². The molecule has 4 nitrogen and oxygen atoms in total. The van der Waals surface area contributed by atoms with Crippen molar-refractivity contribution in [2.24, 2.45) is 5.92 Å². The van der Waals surface area contributed by atoms with Crippen LogP contribution in [0.2, 0.25) is 0 Å². The highest BCUT2D eigenvalue weighted by atomic mass is 16.5. The molecule has 2 saturated heterocycles. The van der Waals surface area contributed by atoms with Crippen molar-refractivity contribution in [1.29, 1.82) is 0 Å². The highest BCUT2D eigenvalue weighted by Crippen LogP contribution is 2.20. The van der Waals surface area contributed by atoms with Crippen molar-refractivity contribution in [1.82, 2.24) is 10.2 Å². The molecule has 2 heterocycles. The van der Waals surface area contributed by atoms with Crippen molar-refractivity contribution in [3.63, 3.8) is 0 Å². The third kappa shape index (κ3) is 3.19. The van der Waals surface area contributed by atoms with Crippen molar-refractivity contribution < 1.29 is 9.53 Å². The smallest absolute Gasteiger partial charge is 0.239 e. The van der Waals surface area contributed by atoms with E-state index in [4.69, 9.17) is 4.74 Å². The Morgan fingerprint density at radius 3 is 2.88 bits per heavy atom. The largest absolute Gasteiger partial charge is 0.372 e. The third-order valence-corrected chi connectivity index (χ3v) is 3.70.